The average molecular weight is 416 g/mol. The lowest BCUT2D eigenvalue weighted by atomic mass is 10.1. The van der Waals surface area contributed by atoms with Crippen LogP contribution in [0.2, 0.25) is 5.02 Å². The van der Waals surface area contributed by atoms with Crippen LogP contribution in [0.15, 0.2) is 42.5 Å². The van der Waals surface area contributed by atoms with E-state index in [1.807, 2.05) is 36.4 Å². The minimum atomic E-state index is -0.416. The highest BCUT2D eigenvalue weighted by molar-refractivity contribution is 6.34. The van der Waals surface area contributed by atoms with Gasteiger partial charge in [0.2, 0.25) is 11.8 Å². The first kappa shape index (κ1) is 21.0. The van der Waals surface area contributed by atoms with Gasteiger partial charge >= 0.3 is 0 Å². The molecule has 1 fully saturated rings. The molecule has 7 heteroatoms. The number of halogens is 1. The predicted octanol–water partition coefficient (Wildman–Crippen LogP) is 3.63. The number of amides is 2. The van der Waals surface area contributed by atoms with Gasteiger partial charge in [0.15, 0.2) is 0 Å². The van der Waals surface area contributed by atoms with Gasteiger partial charge in [0.1, 0.15) is 11.8 Å². The van der Waals surface area contributed by atoms with E-state index in [9.17, 15) is 9.59 Å². The van der Waals surface area contributed by atoms with Crippen molar-refractivity contribution in [3.05, 3.63) is 53.1 Å². The van der Waals surface area contributed by atoms with Gasteiger partial charge in [0.25, 0.3) is 0 Å². The van der Waals surface area contributed by atoms with Gasteiger partial charge in [-0.25, -0.2) is 0 Å². The van der Waals surface area contributed by atoms with E-state index in [4.69, 9.17) is 16.3 Å². The average Bonchev–Trinajstić information content (AvgIpc) is 3.14. The van der Waals surface area contributed by atoms with Gasteiger partial charge in [-0.1, -0.05) is 23.7 Å². The molecule has 1 saturated heterocycles. The Labute approximate surface area is 176 Å². The van der Waals surface area contributed by atoms with E-state index < -0.39 is 6.04 Å². The van der Waals surface area contributed by atoms with Gasteiger partial charge in [-0.3, -0.25) is 9.59 Å². The van der Waals surface area contributed by atoms with Gasteiger partial charge in [0, 0.05) is 25.2 Å². The van der Waals surface area contributed by atoms with Crippen LogP contribution in [0, 0.1) is 0 Å². The van der Waals surface area contributed by atoms with Crippen LogP contribution in [0.5, 0.6) is 5.75 Å². The number of anilines is 2. The standard InChI is InChI=1S/C22H26ClN3O3/c1-15(22(28)24-12-11-16-5-8-18(29-2)9-6-16)25-17-7-10-20(19(23)14-17)26-13-3-4-21(26)27/h5-10,14-15,25H,3-4,11-13H2,1-2H3,(H,24,28)/t15-/m0/s1. The van der Waals surface area contributed by atoms with Crippen molar-refractivity contribution >= 4 is 34.8 Å². The third kappa shape index (κ3) is 5.41. The van der Waals surface area contributed by atoms with Crippen LogP contribution in [0.1, 0.15) is 25.3 Å². The SMILES string of the molecule is COc1ccc(CCNC(=O)[C@H](C)Nc2ccc(N3CCCC3=O)c(Cl)c2)cc1. The molecule has 0 aromatic heterocycles. The Morgan fingerprint density at radius 3 is 2.62 bits per heavy atom. The minimum absolute atomic E-state index is 0.0894. The zero-order valence-electron chi connectivity index (χ0n) is 16.7. The summed E-state index contributed by atoms with van der Waals surface area (Å²) in [5, 5.41) is 6.59. The Morgan fingerprint density at radius 2 is 2.00 bits per heavy atom. The molecule has 1 heterocycles. The molecule has 0 saturated carbocycles. The van der Waals surface area contributed by atoms with Crippen LogP contribution in [0.25, 0.3) is 0 Å². The molecule has 3 rings (SSSR count). The molecule has 1 aliphatic heterocycles. The third-order valence-corrected chi connectivity index (χ3v) is 5.26. The summed E-state index contributed by atoms with van der Waals surface area (Å²) in [7, 11) is 1.64. The molecule has 1 aliphatic rings. The zero-order valence-corrected chi connectivity index (χ0v) is 17.5. The first-order valence-electron chi connectivity index (χ1n) is 9.75. The summed E-state index contributed by atoms with van der Waals surface area (Å²) in [6, 6.07) is 12.8. The molecule has 0 spiro atoms. The summed E-state index contributed by atoms with van der Waals surface area (Å²) in [4.78, 5) is 26.0. The van der Waals surface area contributed by atoms with E-state index in [0.717, 1.165) is 35.5 Å². The molecule has 0 unspecified atom stereocenters. The van der Waals surface area contributed by atoms with E-state index in [-0.39, 0.29) is 11.8 Å². The first-order chi connectivity index (χ1) is 14.0. The van der Waals surface area contributed by atoms with E-state index >= 15 is 0 Å². The van der Waals surface area contributed by atoms with Crippen molar-refractivity contribution in [1.29, 1.82) is 0 Å². The quantitative estimate of drug-likeness (QED) is 0.690. The number of ether oxygens (including phenoxy) is 1. The number of rotatable bonds is 8. The molecule has 2 aromatic carbocycles. The van der Waals surface area contributed by atoms with Crippen molar-refractivity contribution in [2.75, 3.05) is 30.4 Å². The van der Waals surface area contributed by atoms with Crippen LogP contribution in [0.4, 0.5) is 11.4 Å². The van der Waals surface area contributed by atoms with Crippen LogP contribution in [-0.4, -0.2) is 38.1 Å². The molecule has 6 nitrogen and oxygen atoms in total. The highest BCUT2D eigenvalue weighted by Gasteiger charge is 2.23. The van der Waals surface area contributed by atoms with Crippen molar-refractivity contribution < 1.29 is 14.3 Å². The number of nitrogens with one attached hydrogen (secondary N) is 2. The van der Waals surface area contributed by atoms with E-state index in [0.29, 0.717) is 24.5 Å². The second-order valence-corrected chi connectivity index (χ2v) is 7.48. The topological polar surface area (TPSA) is 70.7 Å². The van der Waals surface area contributed by atoms with Gasteiger partial charge in [-0.05, 0) is 55.7 Å². The molecule has 1 atom stereocenters. The van der Waals surface area contributed by atoms with Crippen molar-refractivity contribution in [2.45, 2.75) is 32.2 Å². The van der Waals surface area contributed by atoms with Crippen molar-refractivity contribution in [3.63, 3.8) is 0 Å². The van der Waals surface area contributed by atoms with E-state index in [2.05, 4.69) is 10.6 Å². The number of carbonyl (C=O) groups is 2. The summed E-state index contributed by atoms with van der Waals surface area (Å²) in [5.74, 6) is 0.819. The fraction of sp³-hybridized carbons (Fsp3) is 0.364. The third-order valence-electron chi connectivity index (χ3n) is 4.96. The van der Waals surface area contributed by atoms with Crippen LogP contribution in [-0.2, 0) is 16.0 Å². The molecular weight excluding hydrogens is 390 g/mol. The maximum absolute atomic E-state index is 12.4. The monoisotopic (exact) mass is 415 g/mol. The summed E-state index contributed by atoms with van der Waals surface area (Å²) in [6.07, 6.45) is 2.15. The zero-order chi connectivity index (χ0) is 20.8. The van der Waals surface area contributed by atoms with Gasteiger partial charge in [-0.15, -0.1) is 0 Å². The largest absolute Gasteiger partial charge is 0.497 e. The lowest BCUT2D eigenvalue weighted by Gasteiger charge is -2.20. The van der Waals surface area contributed by atoms with E-state index in [1.165, 1.54) is 0 Å². The predicted molar refractivity (Wildman–Crippen MR) is 116 cm³/mol. The Kier molecular flexibility index (Phi) is 6.99. The molecule has 0 bridgehead atoms. The molecule has 0 radical (unpaired) electrons. The highest BCUT2D eigenvalue weighted by Crippen LogP contribution is 2.31. The van der Waals surface area contributed by atoms with Crippen LogP contribution < -0.4 is 20.3 Å². The summed E-state index contributed by atoms with van der Waals surface area (Å²) < 4.78 is 5.14. The molecule has 29 heavy (non-hydrogen) atoms. The number of hydrogen-bond donors (Lipinski definition) is 2. The van der Waals surface area contributed by atoms with Gasteiger partial charge < -0.3 is 20.3 Å². The van der Waals surface area contributed by atoms with Gasteiger partial charge in [-0.2, -0.15) is 0 Å². The number of nitrogens with zero attached hydrogens (tertiary/aromatic N) is 1. The van der Waals surface area contributed by atoms with Gasteiger partial charge in [0.05, 0.1) is 17.8 Å². The lowest BCUT2D eigenvalue weighted by molar-refractivity contribution is -0.121. The second kappa shape index (κ2) is 9.65. The first-order valence-corrected chi connectivity index (χ1v) is 10.1. The molecule has 154 valence electrons. The highest BCUT2D eigenvalue weighted by atomic mass is 35.5. The maximum atomic E-state index is 12.4. The normalized spacial score (nSPS) is 14.6. The van der Waals surface area contributed by atoms with Crippen molar-refractivity contribution in [1.82, 2.24) is 5.32 Å². The number of carbonyl (C=O) groups excluding carboxylic acids is 2. The molecule has 2 amide bonds. The summed E-state index contributed by atoms with van der Waals surface area (Å²) in [6.45, 7) is 3.04. The number of benzene rings is 2. The summed E-state index contributed by atoms with van der Waals surface area (Å²) in [5.41, 5.74) is 2.59. The van der Waals surface area contributed by atoms with E-state index in [1.54, 1.807) is 25.0 Å². The van der Waals surface area contributed by atoms with Crippen molar-refractivity contribution in [2.24, 2.45) is 0 Å². The number of methoxy groups -OCH3 is 1. The Bertz CT molecular complexity index is 870. The smallest absolute Gasteiger partial charge is 0.242 e. The molecule has 2 aromatic rings. The van der Waals surface area contributed by atoms with Crippen molar-refractivity contribution in [3.8, 4) is 5.75 Å². The molecule has 2 N–H and O–H groups in total. The molecular formula is C22H26ClN3O3. The maximum Gasteiger partial charge on any atom is 0.242 e. The minimum Gasteiger partial charge on any atom is -0.497 e. The fourth-order valence-corrected chi connectivity index (χ4v) is 3.59. The van der Waals surface area contributed by atoms with Crippen LogP contribution in [0.3, 0.4) is 0 Å². The molecule has 0 aliphatic carbocycles. The Morgan fingerprint density at radius 1 is 1.24 bits per heavy atom. The number of hydrogen-bond acceptors (Lipinski definition) is 4. The lowest BCUT2D eigenvalue weighted by Crippen LogP contribution is -2.38. The Hall–Kier alpha value is -2.73. The Balaban J connectivity index is 1.49. The second-order valence-electron chi connectivity index (χ2n) is 7.07. The summed E-state index contributed by atoms with van der Waals surface area (Å²) >= 11 is 6.37. The van der Waals surface area contributed by atoms with Crippen LogP contribution >= 0.6 is 11.6 Å². The fourth-order valence-electron chi connectivity index (χ4n) is 3.31.